The average molecular weight is 152 g/mol. The number of nitrogens with two attached hydrogens (primary N) is 2. The van der Waals surface area contributed by atoms with Crippen molar-refractivity contribution >= 4 is 10.0 Å². The van der Waals surface area contributed by atoms with Crippen LogP contribution in [0.3, 0.4) is 0 Å². The molecule has 9 heavy (non-hydrogen) atoms. The van der Waals surface area contributed by atoms with Crippen LogP contribution in [0.1, 0.15) is 13.3 Å². The number of rotatable bonds is 3. The van der Waals surface area contributed by atoms with Crippen molar-refractivity contribution < 1.29 is 8.42 Å². The summed E-state index contributed by atoms with van der Waals surface area (Å²) in [6.45, 7) is 1.90. The van der Waals surface area contributed by atoms with Gasteiger partial charge in [-0.3, -0.25) is 0 Å². The average Bonchev–Trinajstić information content (AvgIpc) is 1.64. The molecule has 56 valence electrons. The second-order valence-corrected chi connectivity index (χ2v) is 3.96. The van der Waals surface area contributed by atoms with Crippen molar-refractivity contribution in [3.8, 4) is 0 Å². The van der Waals surface area contributed by atoms with Crippen LogP contribution >= 0.6 is 0 Å². The molecule has 0 spiro atoms. The summed E-state index contributed by atoms with van der Waals surface area (Å²) < 4.78 is 20.9. The Bertz CT molecular complexity index is 163. The van der Waals surface area contributed by atoms with Crippen LogP contribution in [0.25, 0.3) is 0 Å². The third-order valence-corrected chi connectivity index (χ3v) is 2.49. The maximum Gasteiger partial charge on any atom is 0.211 e. The van der Waals surface area contributed by atoms with Crippen LogP contribution in [0.15, 0.2) is 0 Å². The number of hydrogen-bond donors (Lipinski definition) is 2. The Balaban J connectivity index is 3.90. The molecule has 0 saturated heterocycles. The summed E-state index contributed by atoms with van der Waals surface area (Å²) in [4.78, 5) is 0. The van der Waals surface area contributed by atoms with Crippen molar-refractivity contribution in [1.29, 1.82) is 0 Å². The fraction of sp³-hybridized carbons (Fsp3) is 1.00. The van der Waals surface area contributed by atoms with Crippen LogP contribution < -0.4 is 10.9 Å². The Morgan fingerprint density at radius 2 is 2.00 bits per heavy atom. The van der Waals surface area contributed by atoms with Gasteiger partial charge in [-0.05, 0) is 19.9 Å². The molecule has 0 fully saturated rings. The van der Waals surface area contributed by atoms with Gasteiger partial charge in [-0.1, -0.05) is 0 Å². The summed E-state index contributed by atoms with van der Waals surface area (Å²) in [5.74, 6) is 0. The Labute approximate surface area is 55.3 Å². The highest BCUT2D eigenvalue weighted by Crippen LogP contribution is 1.97. The van der Waals surface area contributed by atoms with E-state index in [1.54, 1.807) is 6.92 Å². The van der Waals surface area contributed by atoms with Crippen molar-refractivity contribution in [3.63, 3.8) is 0 Å². The van der Waals surface area contributed by atoms with Crippen molar-refractivity contribution in [2.45, 2.75) is 18.6 Å². The Kier molecular flexibility index (Phi) is 3.10. The molecule has 0 aromatic heterocycles. The van der Waals surface area contributed by atoms with Gasteiger partial charge >= 0.3 is 0 Å². The van der Waals surface area contributed by atoms with E-state index in [4.69, 9.17) is 10.9 Å². The summed E-state index contributed by atoms with van der Waals surface area (Å²) in [6.07, 6.45) is 0.429. The lowest BCUT2D eigenvalue weighted by molar-refractivity contribution is 0.580. The van der Waals surface area contributed by atoms with Gasteiger partial charge < -0.3 is 5.73 Å². The van der Waals surface area contributed by atoms with Crippen molar-refractivity contribution in [1.82, 2.24) is 0 Å². The first-order valence-electron chi connectivity index (χ1n) is 2.70. The van der Waals surface area contributed by atoms with E-state index >= 15 is 0 Å². The molecular formula is C4H12N2O2S. The summed E-state index contributed by atoms with van der Waals surface area (Å²) in [6, 6.07) is 0. The van der Waals surface area contributed by atoms with Crippen LogP contribution in [0.5, 0.6) is 0 Å². The highest BCUT2D eigenvalue weighted by Gasteiger charge is 2.13. The number of primary sulfonamides is 1. The van der Waals surface area contributed by atoms with Gasteiger partial charge in [0.15, 0.2) is 0 Å². The maximum absolute atomic E-state index is 10.4. The van der Waals surface area contributed by atoms with Gasteiger partial charge in [0.1, 0.15) is 0 Å². The molecule has 0 aromatic rings. The molecule has 4 N–H and O–H groups in total. The lowest BCUT2D eigenvalue weighted by atomic mass is 10.3. The molecule has 0 aliphatic carbocycles. The zero-order valence-electron chi connectivity index (χ0n) is 5.37. The smallest absolute Gasteiger partial charge is 0.211 e. The summed E-state index contributed by atoms with van der Waals surface area (Å²) >= 11 is 0. The van der Waals surface area contributed by atoms with Gasteiger partial charge in [0.05, 0.1) is 5.25 Å². The SMILES string of the molecule is CC(CCN)S(N)(=O)=O. The molecule has 1 atom stereocenters. The van der Waals surface area contributed by atoms with Gasteiger partial charge in [0, 0.05) is 0 Å². The standard InChI is InChI=1S/C4H12N2O2S/c1-4(2-3-5)9(6,7)8/h4H,2-3,5H2,1H3,(H2,6,7,8). The first kappa shape index (κ1) is 8.87. The molecule has 4 nitrogen and oxygen atoms in total. The first-order chi connectivity index (χ1) is 3.98. The third kappa shape index (κ3) is 3.45. The Morgan fingerprint density at radius 3 is 2.11 bits per heavy atom. The molecule has 0 amide bonds. The van der Waals surface area contributed by atoms with Crippen LogP contribution in [0.2, 0.25) is 0 Å². The van der Waals surface area contributed by atoms with Crippen molar-refractivity contribution in [2.75, 3.05) is 6.54 Å². The second kappa shape index (κ2) is 3.14. The summed E-state index contributed by atoms with van der Waals surface area (Å²) in [5.41, 5.74) is 5.11. The maximum atomic E-state index is 10.4. The third-order valence-electron chi connectivity index (χ3n) is 1.13. The second-order valence-electron chi connectivity index (χ2n) is 1.98. The highest BCUT2D eigenvalue weighted by atomic mass is 32.2. The quantitative estimate of drug-likeness (QED) is 0.544. The Hall–Kier alpha value is -0.130. The van der Waals surface area contributed by atoms with E-state index in [1.807, 2.05) is 0 Å². The fourth-order valence-electron chi connectivity index (χ4n) is 0.399. The zero-order chi connectivity index (χ0) is 7.49. The van der Waals surface area contributed by atoms with Crippen molar-refractivity contribution in [3.05, 3.63) is 0 Å². The van der Waals surface area contributed by atoms with Gasteiger partial charge in [-0.2, -0.15) is 0 Å². The topological polar surface area (TPSA) is 86.2 Å². The minimum absolute atomic E-state index is 0.359. The number of sulfonamides is 1. The van der Waals surface area contributed by atoms with Crippen LogP contribution in [0, 0.1) is 0 Å². The van der Waals surface area contributed by atoms with E-state index in [-0.39, 0.29) is 0 Å². The summed E-state index contributed by atoms with van der Waals surface area (Å²) in [7, 11) is -3.34. The van der Waals surface area contributed by atoms with E-state index in [0.29, 0.717) is 13.0 Å². The molecule has 1 unspecified atom stereocenters. The van der Waals surface area contributed by atoms with Crippen LogP contribution in [-0.4, -0.2) is 20.2 Å². The lowest BCUT2D eigenvalue weighted by Gasteiger charge is -2.04. The molecule has 0 aliphatic rings. The van der Waals surface area contributed by atoms with E-state index in [9.17, 15) is 8.42 Å². The lowest BCUT2D eigenvalue weighted by Crippen LogP contribution is -2.27. The van der Waals surface area contributed by atoms with Crippen LogP contribution in [0.4, 0.5) is 0 Å². The highest BCUT2D eigenvalue weighted by molar-refractivity contribution is 7.89. The first-order valence-corrected chi connectivity index (χ1v) is 4.31. The van der Waals surface area contributed by atoms with E-state index in [2.05, 4.69) is 0 Å². The fourth-order valence-corrected chi connectivity index (χ4v) is 0.864. The Morgan fingerprint density at radius 1 is 1.56 bits per heavy atom. The minimum Gasteiger partial charge on any atom is -0.330 e. The predicted octanol–water partition coefficient (Wildman–Crippen LogP) is -0.988. The van der Waals surface area contributed by atoms with Gasteiger partial charge in [-0.15, -0.1) is 0 Å². The van der Waals surface area contributed by atoms with E-state index in [0.717, 1.165) is 0 Å². The minimum atomic E-state index is -3.34. The predicted molar refractivity (Wildman–Crippen MR) is 36.2 cm³/mol. The molecule has 0 aromatic carbocycles. The van der Waals surface area contributed by atoms with E-state index in [1.165, 1.54) is 0 Å². The van der Waals surface area contributed by atoms with Gasteiger partial charge in [0.2, 0.25) is 10.0 Å². The summed E-state index contributed by atoms with van der Waals surface area (Å²) in [5, 5.41) is 4.27. The van der Waals surface area contributed by atoms with Gasteiger partial charge in [0.25, 0.3) is 0 Å². The zero-order valence-corrected chi connectivity index (χ0v) is 6.19. The normalized spacial score (nSPS) is 15.4. The van der Waals surface area contributed by atoms with E-state index < -0.39 is 15.3 Å². The molecule has 0 radical (unpaired) electrons. The molecule has 0 aliphatic heterocycles. The molecule has 5 heteroatoms. The molecular weight excluding hydrogens is 140 g/mol. The number of hydrogen-bond acceptors (Lipinski definition) is 3. The molecule has 0 saturated carbocycles. The van der Waals surface area contributed by atoms with Crippen molar-refractivity contribution in [2.24, 2.45) is 10.9 Å². The monoisotopic (exact) mass is 152 g/mol. The molecule has 0 heterocycles. The largest absolute Gasteiger partial charge is 0.330 e. The molecule has 0 rings (SSSR count). The van der Waals surface area contributed by atoms with Gasteiger partial charge in [-0.25, -0.2) is 13.6 Å². The molecule has 0 bridgehead atoms. The van der Waals surface area contributed by atoms with Crippen LogP contribution in [-0.2, 0) is 10.0 Å².